The van der Waals surface area contributed by atoms with Crippen molar-refractivity contribution >= 4 is 0 Å². The van der Waals surface area contributed by atoms with Crippen molar-refractivity contribution in [2.75, 3.05) is 20.6 Å². The van der Waals surface area contributed by atoms with Gasteiger partial charge in [-0.1, -0.05) is 0 Å². The Morgan fingerprint density at radius 3 is 2.77 bits per heavy atom. The third kappa shape index (κ3) is 3.67. The van der Waals surface area contributed by atoms with E-state index in [0.29, 0.717) is 6.04 Å². The van der Waals surface area contributed by atoms with Gasteiger partial charge in [0.2, 0.25) is 0 Å². The third-order valence-electron chi connectivity index (χ3n) is 4.01. The van der Waals surface area contributed by atoms with Gasteiger partial charge in [-0.25, -0.2) is 9.97 Å². The monoisotopic (exact) mass is 297 g/mol. The number of hydrogen-bond acceptors (Lipinski definition) is 5. The summed E-state index contributed by atoms with van der Waals surface area (Å²) >= 11 is 0. The molecule has 2 aromatic rings. The highest BCUT2D eigenvalue weighted by Crippen LogP contribution is 2.31. The molecular formula is C17H23N5. The van der Waals surface area contributed by atoms with Crippen molar-refractivity contribution in [3.8, 4) is 0 Å². The Morgan fingerprint density at radius 1 is 1.18 bits per heavy atom. The van der Waals surface area contributed by atoms with Crippen LogP contribution in [-0.4, -0.2) is 45.4 Å². The minimum absolute atomic E-state index is 0.329. The molecule has 0 bridgehead atoms. The van der Waals surface area contributed by atoms with Gasteiger partial charge in [-0.2, -0.15) is 0 Å². The zero-order valence-corrected chi connectivity index (χ0v) is 13.3. The fraction of sp³-hybridized carbons (Fsp3) is 0.471. The second kappa shape index (κ2) is 6.94. The zero-order chi connectivity index (χ0) is 15.4. The molecule has 3 heterocycles. The van der Waals surface area contributed by atoms with Crippen LogP contribution in [0.15, 0.2) is 36.8 Å². The molecule has 0 radical (unpaired) electrons. The van der Waals surface area contributed by atoms with Crippen LogP contribution in [0.3, 0.4) is 0 Å². The predicted octanol–water partition coefficient (Wildman–Crippen LogP) is 2.27. The summed E-state index contributed by atoms with van der Waals surface area (Å²) < 4.78 is 0. The fourth-order valence-electron chi connectivity index (χ4n) is 3.02. The maximum Gasteiger partial charge on any atom is 0.145 e. The van der Waals surface area contributed by atoms with Crippen molar-refractivity contribution in [3.05, 3.63) is 53.9 Å². The molecule has 0 amide bonds. The number of pyridine rings is 1. The van der Waals surface area contributed by atoms with E-state index in [0.717, 1.165) is 37.6 Å². The van der Waals surface area contributed by atoms with E-state index in [1.807, 2.05) is 24.7 Å². The molecule has 5 heteroatoms. The van der Waals surface area contributed by atoms with E-state index in [1.165, 1.54) is 12.0 Å². The first-order valence-electron chi connectivity index (χ1n) is 7.82. The standard InChI is InChI=1S/C17H23N5/c1-21(2)13-15-7-10-19-17(20-15)16-4-3-11-22(16)12-14-5-8-18-9-6-14/h5-10,16H,3-4,11-13H2,1-2H3/t16-/m0/s1. The van der Waals surface area contributed by atoms with E-state index in [9.17, 15) is 0 Å². The second-order valence-corrected chi connectivity index (χ2v) is 6.13. The van der Waals surface area contributed by atoms with Crippen LogP contribution in [-0.2, 0) is 13.1 Å². The molecule has 0 saturated carbocycles. The molecule has 0 spiro atoms. The van der Waals surface area contributed by atoms with Gasteiger partial charge in [0, 0.05) is 31.7 Å². The Bertz CT molecular complexity index is 599. The lowest BCUT2D eigenvalue weighted by atomic mass is 10.2. The molecule has 1 saturated heterocycles. The highest BCUT2D eigenvalue weighted by Gasteiger charge is 2.28. The van der Waals surface area contributed by atoms with Gasteiger partial charge in [0.1, 0.15) is 5.82 Å². The maximum absolute atomic E-state index is 4.78. The largest absolute Gasteiger partial charge is 0.304 e. The lowest BCUT2D eigenvalue weighted by Gasteiger charge is -2.23. The van der Waals surface area contributed by atoms with Crippen molar-refractivity contribution in [2.24, 2.45) is 0 Å². The summed E-state index contributed by atoms with van der Waals surface area (Å²) in [5.74, 6) is 0.964. The number of likely N-dealkylation sites (tertiary alicyclic amines) is 1. The molecule has 5 nitrogen and oxygen atoms in total. The summed E-state index contributed by atoms with van der Waals surface area (Å²) in [4.78, 5) is 18.0. The minimum Gasteiger partial charge on any atom is -0.304 e. The number of aromatic nitrogens is 3. The molecule has 0 unspecified atom stereocenters. The number of rotatable bonds is 5. The lowest BCUT2D eigenvalue weighted by Crippen LogP contribution is -2.25. The van der Waals surface area contributed by atoms with E-state index in [-0.39, 0.29) is 0 Å². The van der Waals surface area contributed by atoms with Crippen LogP contribution >= 0.6 is 0 Å². The number of hydrogen-bond donors (Lipinski definition) is 0. The molecule has 1 aliphatic rings. The molecule has 1 atom stereocenters. The minimum atomic E-state index is 0.329. The van der Waals surface area contributed by atoms with Gasteiger partial charge in [-0.3, -0.25) is 9.88 Å². The molecule has 3 rings (SSSR count). The first-order chi connectivity index (χ1) is 10.7. The lowest BCUT2D eigenvalue weighted by molar-refractivity contribution is 0.239. The van der Waals surface area contributed by atoms with Crippen LogP contribution in [0.25, 0.3) is 0 Å². The third-order valence-corrected chi connectivity index (χ3v) is 4.01. The molecule has 0 aromatic carbocycles. The Hall–Kier alpha value is -1.85. The van der Waals surface area contributed by atoms with Gasteiger partial charge in [0.15, 0.2) is 0 Å². The average Bonchev–Trinajstić information content (AvgIpc) is 2.96. The Balaban J connectivity index is 1.75. The van der Waals surface area contributed by atoms with Crippen molar-refractivity contribution in [2.45, 2.75) is 32.0 Å². The van der Waals surface area contributed by atoms with E-state index in [2.05, 4.69) is 46.0 Å². The van der Waals surface area contributed by atoms with Crippen molar-refractivity contribution in [3.63, 3.8) is 0 Å². The summed E-state index contributed by atoms with van der Waals surface area (Å²) in [7, 11) is 4.13. The maximum atomic E-state index is 4.78. The topological polar surface area (TPSA) is 45.2 Å². The van der Waals surface area contributed by atoms with E-state index in [1.54, 1.807) is 0 Å². The predicted molar refractivity (Wildman–Crippen MR) is 86.0 cm³/mol. The molecule has 2 aromatic heterocycles. The van der Waals surface area contributed by atoms with Gasteiger partial charge < -0.3 is 4.90 Å². The van der Waals surface area contributed by atoms with Gasteiger partial charge in [-0.05, 0) is 57.2 Å². The number of nitrogens with zero attached hydrogens (tertiary/aromatic N) is 5. The first kappa shape index (κ1) is 15.1. The molecule has 1 fully saturated rings. The summed E-state index contributed by atoms with van der Waals surface area (Å²) in [5, 5.41) is 0. The van der Waals surface area contributed by atoms with E-state index in [4.69, 9.17) is 4.98 Å². The summed E-state index contributed by atoms with van der Waals surface area (Å²) in [6.07, 6.45) is 7.95. The Morgan fingerprint density at radius 2 is 2.00 bits per heavy atom. The van der Waals surface area contributed by atoms with Crippen molar-refractivity contribution in [1.82, 2.24) is 24.8 Å². The summed E-state index contributed by atoms with van der Waals surface area (Å²) in [6, 6.07) is 6.50. The second-order valence-electron chi connectivity index (χ2n) is 6.13. The van der Waals surface area contributed by atoms with Crippen LogP contribution in [0, 0.1) is 0 Å². The SMILES string of the molecule is CN(C)Cc1ccnc([C@@H]2CCCN2Cc2ccncc2)n1. The van der Waals surface area contributed by atoms with Gasteiger partial charge in [0.25, 0.3) is 0 Å². The van der Waals surface area contributed by atoms with E-state index < -0.39 is 0 Å². The highest BCUT2D eigenvalue weighted by atomic mass is 15.2. The smallest absolute Gasteiger partial charge is 0.145 e. The van der Waals surface area contributed by atoms with Gasteiger partial charge in [-0.15, -0.1) is 0 Å². The van der Waals surface area contributed by atoms with Crippen LogP contribution in [0.5, 0.6) is 0 Å². The molecule has 0 aliphatic carbocycles. The molecular weight excluding hydrogens is 274 g/mol. The Kier molecular flexibility index (Phi) is 4.75. The molecule has 1 aliphatic heterocycles. The van der Waals surface area contributed by atoms with Gasteiger partial charge in [0.05, 0.1) is 11.7 Å². The normalized spacial score (nSPS) is 19.0. The van der Waals surface area contributed by atoms with Gasteiger partial charge >= 0.3 is 0 Å². The van der Waals surface area contributed by atoms with Crippen LogP contribution in [0.1, 0.15) is 36.0 Å². The van der Waals surface area contributed by atoms with Crippen LogP contribution < -0.4 is 0 Å². The molecule has 0 N–H and O–H groups in total. The van der Waals surface area contributed by atoms with Crippen LogP contribution in [0.4, 0.5) is 0 Å². The summed E-state index contributed by atoms with van der Waals surface area (Å²) in [5.41, 5.74) is 2.39. The molecule has 22 heavy (non-hydrogen) atoms. The molecule has 116 valence electrons. The highest BCUT2D eigenvalue weighted by molar-refractivity contribution is 5.12. The first-order valence-corrected chi connectivity index (χ1v) is 7.82. The van der Waals surface area contributed by atoms with Crippen molar-refractivity contribution in [1.29, 1.82) is 0 Å². The van der Waals surface area contributed by atoms with E-state index >= 15 is 0 Å². The van der Waals surface area contributed by atoms with Crippen LogP contribution in [0.2, 0.25) is 0 Å². The Labute approximate surface area is 132 Å². The quantitative estimate of drug-likeness (QED) is 0.847. The fourth-order valence-corrected chi connectivity index (χ4v) is 3.02. The average molecular weight is 297 g/mol. The summed E-state index contributed by atoms with van der Waals surface area (Å²) in [6.45, 7) is 2.90. The van der Waals surface area contributed by atoms with Crippen molar-refractivity contribution < 1.29 is 0 Å². The zero-order valence-electron chi connectivity index (χ0n) is 13.3.